The first-order valence-corrected chi connectivity index (χ1v) is 5.37. The number of hydrogen-bond donors (Lipinski definition) is 0. The zero-order valence-electron chi connectivity index (χ0n) is 5.70. The first kappa shape index (κ1) is 8.53. The molecule has 0 aromatic heterocycles. The topological polar surface area (TPSA) is 0 Å². The number of rotatable bonds is 1. The van der Waals surface area contributed by atoms with E-state index in [9.17, 15) is 0 Å². The second kappa shape index (κ2) is 3.72. The molecule has 1 rings (SSSR count). The van der Waals surface area contributed by atoms with Crippen molar-refractivity contribution in [2.45, 2.75) is 11.4 Å². The number of alkyl halides is 1. The van der Waals surface area contributed by atoms with E-state index in [2.05, 4.69) is 63.6 Å². The Kier molecular flexibility index (Phi) is 3.17. The zero-order chi connectivity index (χ0) is 7.56. The Labute approximate surface area is 83.3 Å². The predicted octanol–water partition coefficient (Wildman–Crippen LogP) is 3.69. The maximum atomic E-state index is 3.46. The maximum Gasteiger partial charge on any atom is 0.0247 e. The molecule has 54 valence electrons. The van der Waals surface area contributed by atoms with Crippen molar-refractivity contribution >= 4 is 38.5 Å². The highest BCUT2D eigenvalue weighted by atomic mass is 127. The molecule has 1 aromatic carbocycles. The Morgan fingerprint density at radius 2 is 2.20 bits per heavy atom. The Balaban J connectivity index is 3.04. The van der Waals surface area contributed by atoms with Crippen LogP contribution in [-0.4, -0.2) is 0 Å². The third-order valence-electron chi connectivity index (χ3n) is 1.38. The summed E-state index contributed by atoms with van der Waals surface area (Å²) in [5.74, 6) is 0. The van der Waals surface area contributed by atoms with Crippen molar-refractivity contribution in [1.29, 1.82) is 0 Å². The molecule has 0 aliphatic heterocycles. The molecule has 0 nitrogen and oxygen atoms in total. The lowest BCUT2D eigenvalue weighted by Crippen LogP contribution is -1.79. The van der Waals surface area contributed by atoms with Crippen molar-refractivity contribution in [2.75, 3.05) is 0 Å². The van der Waals surface area contributed by atoms with E-state index in [0.717, 1.165) is 4.43 Å². The van der Waals surface area contributed by atoms with Gasteiger partial charge in [0.05, 0.1) is 0 Å². The molecule has 0 saturated carbocycles. The van der Waals surface area contributed by atoms with Gasteiger partial charge in [0.2, 0.25) is 0 Å². The highest BCUT2D eigenvalue weighted by Crippen LogP contribution is 2.18. The summed E-state index contributed by atoms with van der Waals surface area (Å²) in [6.07, 6.45) is 0. The minimum atomic E-state index is 1.09. The van der Waals surface area contributed by atoms with E-state index in [-0.39, 0.29) is 0 Å². The minimum Gasteiger partial charge on any atom is -0.0812 e. The van der Waals surface area contributed by atoms with Crippen LogP contribution in [0.25, 0.3) is 0 Å². The van der Waals surface area contributed by atoms with Crippen LogP contribution in [0, 0.1) is 6.92 Å². The summed E-state index contributed by atoms with van der Waals surface area (Å²) in [6.45, 7) is 2.11. The number of aryl methyl sites for hydroxylation is 1. The van der Waals surface area contributed by atoms with Crippen LogP contribution in [0.4, 0.5) is 0 Å². The predicted molar refractivity (Wildman–Crippen MR) is 56.6 cm³/mol. The van der Waals surface area contributed by atoms with Gasteiger partial charge < -0.3 is 0 Å². The monoisotopic (exact) mass is 310 g/mol. The molecule has 0 saturated heterocycles. The van der Waals surface area contributed by atoms with Gasteiger partial charge in [0.25, 0.3) is 0 Å². The first-order chi connectivity index (χ1) is 4.74. The van der Waals surface area contributed by atoms with Gasteiger partial charge in [-0.3, -0.25) is 0 Å². The highest BCUT2D eigenvalue weighted by molar-refractivity contribution is 14.1. The number of benzene rings is 1. The van der Waals surface area contributed by atoms with Gasteiger partial charge in [0, 0.05) is 8.90 Å². The molecule has 0 unspecified atom stereocenters. The molecule has 0 aliphatic carbocycles. The van der Waals surface area contributed by atoms with Crippen LogP contribution in [-0.2, 0) is 4.43 Å². The summed E-state index contributed by atoms with van der Waals surface area (Å²) in [6, 6.07) is 6.45. The molecule has 0 aliphatic rings. The van der Waals surface area contributed by atoms with Gasteiger partial charge in [-0.15, -0.1) is 0 Å². The van der Waals surface area contributed by atoms with Gasteiger partial charge in [-0.1, -0.05) is 50.7 Å². The Morgan fingerprint density at radius 1 is 1.50 bits per heavy atom. The molecule has 2 heteroatoms. The highest BCUT2D eigenvalue weighted by Gasteiger charge is 1.94. The minimum absolute atomic E-state index is 1.09. The fraction of sp³-hybridized carbons (Fsp3) is 0.250. The van der Waals surface area contributed by atoms with Gasteiger partial charge in [0.1, 0.15) is 0 Å². The lowest BCUT2D eigenvalue weighted by molar-refractivity contribution is 1.35. The summed E-state index contributed by atoms with van der Waals surface area (Å²) < 4.78 is 2.28. The first-order valence-electron chi connectivity index (χ1n) is 3.05. The van der Waals surface area contributed by atoms with Crippen molar-refractivity contribution in [1.82, 2.24) is 0 Å². The van der Waals surface area contributed by atoms with Crippen LogP contribution >= 0.6 is 38.5 Å². The molecule has 1 aromatic rings. The SMILES string of the molecule is Cc1cc(CI)ccc1Br. The van der Waals surface area contributed by atoms with Gasteiger partial charge in [-0.05, 0) is 24.1 Å². The van der Waals surface area contributed by atoms with E-state index >= 15 is 0 Å². The van der Waals surface area contributed by atoms with E-state index in [0.29, 0.717) is 0 Å². The second-order valence-electron chi connectivity index (χ2n) is 2.22. The Hall–Kier alpha value is 0.430. The van der Waals surface area contributed by atoms with Crippen LogP contribution in [0.3, 0.4) is 0 Å². The van der Waals surface area contributed by atoms with E-state index in [4.69, 9.17) is 0 Å². The number of halogens is 2. The molecule has 0 radical (unpaired) electrons. The van der Waals surface area contributed by atoms with Crippen LogP contribution in [0.5, 0.6) is 0 Å². The third-order valence-corrected chi connectivity index (χ3v) is 3.15. The number of hydrogen-bond acceptors (Lipinski definition) is 0. The van der Waals surface area contributed by atoms with Crippen molar-refractivity contribution < 1.29 is 0 Å². The van der Waals surface area contributed by atoms with E-state index in [1.165, 1.54) is 15.6 Å². The van der Waals surface area contributed by atoms with Crippen LogP contribution in [0.2, 0.25) is 0 Å². The van der Waals surface area contributed by atoms with Crippen molar-refractivity contribution in [3.63, 3.8) is 0 Å². The summed E-state index contributed by atoms with van der Waals surface area (Å²) >= 11 is 5.82. The van der Waals surface area contributed by atoms with Crippen LogP contribution < -0.4 is 0 Å². The largest absolute Gasteiger partial charge is 0.0812 e. The molecule has 0 fully saturated rings. The van der Waals surface area contributed by atoms with E-state index < -0.39 is 0 Å². The summed E-state index contributed by atoms with van der Waals surface area (Å²) in [7, 11) is 0. The smallest absolute Gasteiger partial charge is 0.0247 e. The zero-order valence-corrected chi connectivity index (χ0v) is 9.44. The van der Waals surface area contributed by atoms with E-state index in [1.807, 2.05) is 0 Å². The summed E-state index contributed by atoms with van der Waals surface area (Å²) in [4.78, 5) is 0. The van der Waals surface area contributed by atoms with Crippen LogP contribution in [0.1, 0.15) is 11.1 Å². The fourth-order valence-corrected chi connectivity index (χ4v) is 1.51. The molecular weight excluding hydrogens is 303 g/mol. The summed E-state index contributed by atoms with van der Waals surface area (Å²) in [5.41, 5.74) is 2.70. The average molecular weight is 311 g/mol. The Morgan fingerprint density at radius 3 is 2.70 bits per heavy atom. The molecular formula is C8H8BrI. The molecule has 0 bridgehead atoms. The molecule has 0 amide bonds. The fourth-order valence-electron chi connectivity index (χ4n) is 0.790. The molecule has 10 heavy (non-hydrogen) atoms. The summed E-state index contributed by atoms with van der Waals surface area (Å²) in [5, 5.41) is 0. The molecule has 0 atom stereocenters. The quantitative estimate of drug-likeness (QED) is 0.548. The van der Waals surface area contributed by atoms with Crippen molar-refractivity contribution in [2.24, 2.45) is 0 Å². The van der Waals surface area contributed by atoms with Crippen molar-refractivity contribution in [3.05, 3.63) is 33.8 Å². The van der Waals surface area contributed by atoms with Crippen molar-refractivity contribution in [3.8, 4) is 0 Å². The lowest BCUT2D eigenvalue weighted by atomic mass is 10.2. The normalized spacial score (nSPS) is 9.90. The second-order valence-corrected chi connectivity index (χ2v) is 3.83. The van der Waals surface area contributed by atoms with Crippen LogP contribution in [0.15, 0.2) is 22.7 Å². The third kappa shape index (κ3) is 1.95. The van der Waals surface area contributed by atoms with Gasteiger partial charge in [0.15, 0.2) is 0 Å². The van der Waals surface area contributed by atoms with Gasteiger partial charge in [-0.2, -0.15) is 0 Å². The maximum absolute atomic E-state index is 3.46. The van der Waals surface area contributed by atoms with E-state index in [1.54, 1.807) is 0 Å². The lowest BCUT2D eigenvalue weighted by Gasteiger charge is -1.99. The molecule has 0 spiro atoms. The van der Waals surface area contributed by atoms with Gasteiger partial charge >= 0.3 is 0 Å². The standard InChI is InChI=1S/C8H8BrI/c1-6-4-7(5-10)2-3-8(6)9/h2-4H,5H2,1H3. The van der Waals surface area contributed by atoms with Gasteiger partial charge in [-0.25, -0.2) is 0 Å². The molecule has 0 heterocycles. The molecule has 0 N–H and O–H groups in total. The Bertz CT molecular complexity index is 233. The average Bonchev–Trinajstić information content (AvgIpc) is 1.95.